The van der Waals surface area contributed by atoms with E-state index in [1.165, 1.54) is 17.4 Å². The number of halogens is 3. The maximum Gasteiger partial charge on any atom is 0.416 e. The lowest BCUT2D eigenvalue weighted by Gasteiger charge is -2.21. The van der Waals surface area contributed by atoms with Crippen LogP contribution in [0.3, 0.4) is 0 Å². The number of oxazole rings is 1. The molecule has 5 rings (SSSR count). The van der Waals surface area contributed by atoms with Crippen molar-refractivity contribution in [3.63, 3.8) is 0 Å². The Labute approximate surface area is 179 Å². The number of amides is 1. The van der Waals surface area contributed by atoms with Crippen LogP contribution in [0.15, 0.2) is 64.4 Å². The van der Waals surface area contributed by atoms with Crippen LogP contribution in [0.2, 0.25) is 0 Å². The van der Waals surface area contributed by atoms with Crippen molar-refractivity contribution in [3.05, 3.63) is 76.3 Å². The zero-order chi connectivity index (χ0) is 21.6. The molecule has 1 atom stereocenters. The Morgan fingerprint density at radius 2 is 1.94 bits per heavy atom. The molecule has 2 aromatic carbocycles. The molecule has 0 bridgehead atoms. The zero-order valence-corrected chi connectivity index (χ0v) is 17.0. The highest BCUT2D eigenvalue weighted by Gasteiger charge is 2.34. The first-order chi connectivity index (χ1) is 14.9. The van der Waals surface area contributed by atoms with E-state index >= 15 is 0 Å². The van der Waals surface area contributed by atoms with Gasteiger partial charge in [-0.3, -0.25) is 4.79 Å². The van der Waals surface area contributed by atoms with E-state index in [0.29, 0.717) is 39.5 Å². The van der Waals surface area contributed by atoms with Gasteiger partial charge in [0.25, 0.3) is 5.91 Å². The van der Waals surface area contributed by atoms with Gasteiger partial charge in [0.15, 0.2) is 5.58 Å². The summed E-state index contributed by atoms with van der Waals surface area (Å²) in [6.07, 6.45) is -2.79. The standard InChI is InChI=1S/C23H17F3N2O2S/c24-23(25,26)16-5-1-4-14(12-16)15-8-9-19-17(13-15)27-21(30-19)18-6-2-10-28(18)22(29)20-7-3-11-31-20/h1,3-5,7-9,11-13,18H,2,6,10H2. The topological polar surface area (TPSA) is 46.3 Å². The van der Waals surface area contributed by atoms with Crippen LogP contribution in [0.1, 0.15) is 40.0 Å². The molecule has 1 aliphatic heterocycles. The number of fused-ring (bicyclic) bond motifs is 1. The van der Waals surface area contributed by atoms with Crippen molar-refractivity contribution in [2.45, 2.75) is 25.1 Å². The van der Waals surface area contributed by atoms with Crippen LogP contribution in [-0.2, 0) is 6.18 Å². The van der Waals surface area contributed by atoms with E-state index in [-0.39, 0.29) is 11.9 Å². The van der Waals surface area contributed by atoms with E-state index in [9.17, 15) is 18.0 Å². The Morgan fingerprint density at radius 1 is 1.10 bits per heavy atom. The van der Waals surface area contributed by atoms with Gasteiger partial charge in [-0.05, 0) is 59.7 Å². The minimum absolute atomic E-state index is 0.0376. The summed E-state index contributed by atoms with van der Waals surface area (Å²) in [6.45, 7) is 0.635. The van der Waals surface area contributed by atoms with E-state index in [0.717, 1.165) is 25.0 Å². The molecule has 2 aromatic heterocycles. The van der Waals surface area contributed by atoms with E-state index in [1.807, 2.05) is 11.4 Å². The van der Waals surface area contributed by atoms with E-state index in [2.05, 4.69) is 4.98 Å². The predicted octanol–water partition coefficient (Wildman–Crippen LogP) is 6.55. The number of nitrogens with zero attached hydrogens (tertiary/aromatic N) is 2. The summed E-state index contributed by atoms with van der Waals surface area (Å²) in [6, 6.07) is 13.7. The highest BCUT2D eigenvalue weighted by atomic mass is 32.1. The van der Waals surface area contributed by atoms with Gasteiger partial charge in [0.2, 0.25) is 5.89 Å². The number of alkyl halides is 3. The molecule has 0 radical (unpaired) electrons. The van der Waals surface area contributed by atoms with Crippen LogP contribution >= 0.6 is 11.3 Å². The minimum Gasteiger partial charge on any atom is -0.438 e. The number of thiophene rings is 1. The SMILES string of the molecule is O=C(c1cccs1)N1CCCC1c1nc2cc(-c3cccc(C(F)(F)F)c3)ccc2o1. The molecule has 1 saturated heterocycles. The number of hydrogen-bond donors (Lipinski definition) is 0. The summed E-state index contributed by atoms with van der Waals surface area (Å²) in [5, 5.41) is 1.87. The van der Waals surface area contributed by atoms with Crippen molar-refractivity contribution in [2.24, 2.45) is 0 Å². The average molecular weight is 442 g/mol. The first-order valence-corrected chi connectivity index (χ1v) is 10.7. The van der Waals surface area contributed by atoms with Crippen LogP contribution in [0.4, 0.5) is 13.2 Å². The Kier molecular flexibility index (Phi) is 4.81. The quantitative estimate of drug-likeness (QED) is 0.361. The lowest BCUT2D eigenvalue weighted by atomic mass is 10.0. The molecular weight excluding hydrogens is 425 g/mol. The highest BCUT2D eigenvalue weighted by molar-refractivity contribution is 7.12. The lowest BCUT2D eigenvalue weighted by molar-refractivity contribution is -0.137. The van der Waals surface area contributed by atoms with Crippen LogP contribution < -0.4 is 0 Å². The maximum absolute atomic E-state index is 13.1. The van der Waals surface area contributed by atoms with Crippen molar-refractivity contribution in [2.75, 3.05) is 6.54 Å². The van der Waals surface area contributed by atoms with Gasteiger partial charge >= 0.3 is 6.18 Å². The number of aromatic nitrogens is 1. The van der Waals surface area contributed by atoms with E-state index < -0.39 is 11.7 Å². The molecule has 8 heteroatoms. The summed E-state index contributed by atoms with van der Waals surface area (Å²) >= 11 is 1.40. The summed E-state index contributed by atoms with van der Waals surface area (Å²) in [5.74, 6) is 0.419. The molecule has 0 aliphatic carbocycles. The molecule has 4 aromatic rings. The van der Waals surface area contributed by atoms with Crippen molar-refractivity contribution in [3.8, 4) is 11.1 Å². The molecule has 31 heavy (non-hydrogen) atoms. The molecule has 3 heterocycles. The van der Waals surface area contributed by atoms with Gasteiger partial charge in [-0.1, -0.05) is 24.3 Å². The van der Waals surface area contributed by atoms with Gasteiger partial charge < -0.3 is 9.32 Å². The lowest BCUT2D eigenvalue weighted by Crippen LogP contribution is -2.30. The highest BCUT2D eigenvalue weighted by Crippen LogP contribution is 2.36. The summed E-state index contributed by atoms with van der Waals surface area (Å²) < 4.78 is 45.1. The third-order valence-corrected chi connectivity index (χ3v) is 6.32. The Morgan fingerprint density at radius 3 is 2.71 bits per heavy atom. The van der Waals surface area contributed by atoms with Crippen molar-refractivity contribution >= 4 is 28.3 Å². The van der Waals surface area contributed by atoms with Gasteiger partial charge in [0, 0.05) is 6.54 Å². The second-order valence-corrected chi connectivity index (χ2v) is 8.39. The van der Waals surface area contributed by atoms with Crippen molar-refractivity contribution in [1.29, 1.82) is 0 Å². The second kappa shape index (κ2) is 7.53. The minimum atomic E-state index is -4.40. The molecule has 1 amide bonds. The molecule has 4 nitrogen and oxygen atoms in total. The Bertz CT molecular complexity index is 1250. The normalized spacial score (nSPS) is 16.9. The number of hydrogen-bond acceptors (Lipinski definition) is 4. The molecule has 0 saturated carbocycles. The molecule has 1 fully saturated rings. The predicted molar refractivity (Wildman–Crippen MR) is 112 cm³/mol. The third-order valence-electron chi connectivity index (χ3n) is 5.46. The number of rotatable bonds is 3. The molecule has 0 N–H and O–H groups in total. The van der Waals surface area contributed by atoms with Crippen LogP contribution in [0.5, 0.6) is 0 Å². The summed E-state index contributed by atoms with van der Waals surface area (Å²) in [4.78, 5) is 19.9. The summed E-state index contributed by atoms with van der Waals surface area (Å²) in [5.41, 5.74) is 1.48. The molecule has 1 aliphatic rings. The molecular formula is C23H17F3N2O2S. The van der Waals surface area contributed by atoms with Crippen LogP contribution in [-0.4, -0.2) is 22.3 Å². The first kappa shape index (κ1) is 19.8. The number of likely N-dealkylation sites (tertiary alicyclic amines) is 1. The zero-order valence-electron chi connectivity index (χ0n) is 16.2. The number of benzene rings is 2. The fourth-order valence-electron chi connectivity index (χ4n) is 3.95. The van der Waals surface area contributed by atoms with Crippen LogP contribution in [0, 0.1) is 0 Å². The fraction of sp³-hybridized carbons (Fsp3) is 0.217. The molecule has 158 valence electrons. The Balaban J connectivity index is 1.47. The fourth-order valence-corrected chi connectivity index (χ4v) is 4.63. The number of carbonyl (C=O) groups is 1. The van der Waals surface area contributed by atoms with Gasteiger partial charge in [-0.25, -0.2) is 4.98 Å². The second-order valence-electron chi connectivity index (χ2n) is 7.45. The third kappa shape index (κ3) is 3.72. The van der Waals surface area contributed by atoms with Gasteiger partial charge in [-0.15, -0.1) is 11.3 Å². The monoisotopic (exact) mass is 442 g/mol. The number of carbonyl (C=O) groups excluding carboxylic acids is 1. The van der Waals surface area contributed by atoms with Crippen LogP contribution in [0.25, 0.3) is 22.2 Å². The van der Waals surface area contributed by atoms with Gasteiger partial charge in [0.05, 0.1) is 10.4 Å². The molecule has 0 spiro atoms. The van der Waals surface area contributed by atoms with E-state index in [4.69, 9.17) is 4.42 Å². The van der Waals surface area contributed by atoms with Crippen molar-refractivity contribution < 1.29 is 22.4 Å². The van der Waals surface area contributed by atoms with Crippen molar-refractivity contribution in [1.82, 2.24) is 9.88 Å². The largest absolute Gasteiger partial charge is 0.438 e. The van der Waals surface area contributed by atoms with E-state index in [1.54, 1.807) is 35.2 Å². The maximum atomic E-state index is 13.1. The first-order valence-electron chi connectivity index (χ1n) is 9.83. The Hall–Kier alpha value is -3.13. The smallest absolute Gasteiger partial charge is 0.416 e. The van der Waals surface area contributed by atoms with Gasteiger partial charge in [0.1, 0.15) is 11.6 Å². The summed E-state index contributed by atoms with van der Waals surface area (Å²) in [7, 11) is 0. The average Bonchev–Trinajstić information content (AvgIpc) is 3.52. The van der Waals surface area contributed by atoms with Gasteiger partial charge in [-0.2, -0.15) is 13.2 Å². The molecule has 1 unspecified atom stereocenters.